The van der Waals surface area contributed by atoms with Crippen LogP contribution in [0.3, 0.4) is 0 Å². The maximum absolute atomic E-state index is 6.07. The fourth-order valence-corrected chi connectivity index (χ4v) is 3.23. The molecule has 0 fully saturated rings. The first-order chi connectivity index (χ1) is 9.24. The second-order valence-corrected chi connectivity index (χ2v) is 6.20. The molecule has 0 spiro atoms. The first-order valence-electron chi connectivity index (χ1n) is 6.53. The summed E-state index contributed by atoms with van der Waals surface area (Å²) in [6.07, 6.45) is 3.58. The van der Waals surface area contributed by atoms with Gasteiger partial charge >= 0.3 is 0 Å². The standard InChI is InChI=1S/C16H15BrClN/c17-14-9-8-12(18)10-16(14)19-15-7-3-5-11-4-1-2-6-13(11)15/h1-2,4,6,8-10,15,19H,3,5,7H2. The fraction of sp³-hybridized carbons (Fsp3) is 0.250. The molecular formula is C16H15BrClN. The topological polar surface area (TPSA) is 12.0 Å². The predicted octanol–water partition coefficient (Wildman–Crippen LogP) is 5.59. The molecule has 1 unspecified atom stereocenters. The maximum Gasteiger partial charge on any atom is 0.0517 e. The summed E-state index contributed by atoms with van der Waals surface area (Å²) in [5, 5.41) is 4.37. The molecule has 1 aliphatic rings. The van der Waals surface area contributed by atoms with Gasteiger partial charge in [0.15, 0.2) is 0 Å². The SMILES string of the molecule is Clc1ccc(Br)c(NC2CCCc3ccccc32)c1. The molecule has 0 radical (unpaired) electrons. The quantitative estimate of drug-likeness (QED) is 0.753. The minimum absolute atomic E-state index is 0.375. The number of benzene rings is 2. The Balaban J connectivity index is 1.90. The largest absolute Gasteiger partial charge is 0.377 e. The van der Waals surface area contributed by atoms with E-state index in [1.807, 2.05) is 18.2 Å². The van der Waals surface area contributed by atoms with Gasteiger partial charge in [0.05, 0.1) is 11.7 Å². The molecule has 1 nitrogen and oxygen atoms in total. The van der Waals surface area contributed by atoms with Crippen LogP contribution in [0.15, 0.2) is 46.9 Å². The van der Waals surface area contributed by atoms with Crippen molar-refractivity contribution in [3.05, 3.63) is 63.1 Å². The zero-order valence-electron chi connectivity index (χ0n) is 10.5. The van der Waals surface area contributed by atoms with Crippen molar-refractivity contribution in [3.8, 4) is 0 Å². The number of hydrogen-bond acceptors (Lipinski definition) is 1. The van der Waals surface area contributed by atoms with Crippen molar-refractivity contribution in [1.29, 1.82) is 0 Å². The van der Waals surface area contributed by atoms with Gasteiger partial charge in [-0.2, -0.15) is 0 Å². The van der Waals surface area contributed by atoms with E-state index in [0.29, 0.717) is 6.04 Å². The first-order valence-corrected chi connectivity index (χ1v) is 7.70. The third-order valence-electron chi connectivity index (χ3n) is 3.63. The van der Waals surface area contributed by atoms with Crippen molar-refractivity contribution in [2.45, 2.75) is 25.3 Å². The van der Waals surface area contributed by atoms with Crippen molar-refractivity contribution in [2.24, 2.45) is 0 Å². The van der Waals surface area contributed by atoms with Crippen LogP contribution in [-0.4, -0.2) is 0 Å². The van der Waals surface area contributed by atoms with Crippen LogP contribution in [0.1, 0.15) is 30.0 Å². The maximum atomic E-state index is 6.07. The lowest BCUT2D eigenvalue weighted by Crippen LogP contribution is -2.17. The van der Waals surface area contributed by atoms with Gasteiger partial charge in [0.1, 0.15) is 0 Å². The van der Waals surface area contributed by atoms with Crippen molar-refractivity contribution in [1.82, 2.24) is 0 Å². The molecular weight excluding hydrogens is 322 g/mol. The molecule has 2 aromatic rings. The smallest absolute Gasteiger partial charge is 0.0517 e. The molecule has 0 saturated heterocycles. The van der Waals surface area contributed by atoms with Crippen molar-refractivity contribution in [3.63, 3.8) is 0 Å². The molecule has 0 saturated carbocycles. The number of halogens is 2. The van der Waals surface area contributed by atoms with Crippen LogP contribution in [0.5, 0.6) is 0 Å². The minimum Gasteiger partial charge on any atom is -0.377 e. The normalized spacial score (nSPS) is 17.9. The summed E-state index contributed by atoms with van der Waals surface area (Å²) in [7, 11) is 0. The highest BCUT2D eigenvalue weighted by Gasteiger charge is 2.20. The minimum atomic E-state index is 0.375. The van der Waals surface area contributed by atoms with Crippen LogP contribution < -0.4 is 5.32 Å². The van der Waals surface area contributed by atoms with Gasteiger partial charge < -0.3 is 5.32 Å². The Bertz CT molecular complexity index is 597. The molecule has 0 aromatic heterocycles. The van der Waals surface area contributed by atoms with E-state index in [1.54, 1.807) is 0 Å². The summed E-state index contributed by atoms with van der Waals surface area (Å²) in [5.74, 6) is 0. The second kappa shape index (κ2) is 5.56. The third kappa shape index (κ3) is 2.80. The number of aryl methyl sites for hydroxylation is 1. The van der Waals surface area contributed by atoms with Gasteiger partial charge in [0.2, 0.25) is 0 Å². The lowest BCUT2D eigenvalue weighted by molar-refractivity contribution is 0.600. The first kappa shape index (κ1) is 13.0. The summed E-state index contributed by atoms with van der Waals surface area (Å²) in [6, 6.07) is 14.9. The average Bonchev–Trinajstić information content (AvgIpc) is 2.43. The van der Waals surface area contributed by atoms with Gasteiger partial charge in [-0.3, -0.25) is 0 Å². The van der Waals surface area contributed by atoms with E-state index in [1.165, 1.54) is 24.0 Å². The van der Waals surface area contributed by atoms with E-state index in [9.17, 15) is 0 Å². The number of rotatable bonds is 2. The van der Waals surface area contributed by atoms with E-state index in [-0.39, 0.29) is 0 Å². The van der Waals surface area contributed by atoms with E-state index >= 15 is 0 Å². The Hall–Kier alpha value is -0.990. The monoisotopic (exact) mass is 335 g/mol. The molecule has 98 valence electrons. The van der Waals surface area contributed by atoms with E-state index in [2.05, 4.69) is 45.5 Å². The Labute approximate surface area is 127 Å². The van der Waals surface area contributed by atoms with Gasteiger partial charge in [-0.25, -0.2) is 0 Å². The van der Waals surface area contributed by atoms with Crippen LogP contribution in [0.2, 0.25) is 5.02 Å². The zero-order valence-corrected chi connectivity index (χ0v) is 12.8. The van der Waals surface area contributed by atoms with Crippen molar-refractivity contribution >= 4 is 33.2 Å². The Morgan fingerprint density at radius 2 is 2.00 bits per heavy atom. The van der Waals surface area contributed by atoms with Gasteiger partial charge in [0.25, 0.3) is 0 Å². The highest BCUT2D eigenvalue weighted by molar-refractivity contribution is 9.10. The van der Waals surface area contributed by atoms with E-state index in [4.69, 9.17) is 11.6 Å². The molecule has 0 bridgehead atoms. The van der Waals surface area contributed by atoms with E-state index in [0.717, 1.165) is 21.6 Å². The molecule has 19 heavy (non-hydrogen) atoms. The average molecular weight is 337 g/mol. The van der Waals surface area contributed by atoms with Gasteiger partial charge in [0, 0.05) is 9.50 Å². The van der Waals surface area contributed by atoms with Gasteiger partial charge in [-0.1, -0.05) is 35.9 Å². The van der Waals surface area contributed by atoms with Crippen molar-refractivity contribution in [2.75, 3.05) is 5.32 Å². The molecule has 0 heterocycles. The molecule has 1 N–H and O–H groups in total. The van der Waals surface area contributed by atoms with Gasteiger partial charge in [-0.15, -0.1) is 0 Å². The highest BCUT2D eigenvalue weighted by Crippen LogP contribution is 2.35. The summed E-state index contributed by atoms with van der Waals surface area (Å²) < 4.78 is 1.06. The molecule has 3 heteroatoms. The lowest BCUT2D eigenvalue weighted by Gasteiger charge is -2.27. The molecule has 2 aromatic carbocycles. The summed E-state index contributed by atoms with van der Waals surface area (Å²) in [6.45, 7) is 0. The third-order valence-corrected chi connectivity index (χ3v) is 4.55. The van der Waals surface area contributed by atoms with Crippen LogP contribution in [0.25, 0.3) is 0 Å². The van der Waals surface area contributed by atoms with Crippen molar-refractivity contribution < 1.29 is 0 Å². The lowest BCUT2D eigenvalue weighted by atomic mass is 9.87. The zero-order chi connectivity index (χ0) is 13.2. The predicted molar refractivity (Wildman–Crippen MR) is 84.9 cm³/mol. The second-order valence-electron chi connectivity index (χ2n) is 4.91. The number of hydrogen-bond donors (Lipinski definition) is 1. The highest BCUT2D eigenvalue weighted by atomic mass is 79.9. The van der Waals surface area contributed by atoms with E-state index < -0.39 is 0 Å². The van der Waals surface area contributed by atoms with Crippen LogP contribution >= 0.6 is 27.5 Å². The Morgan fingerprint density at radius 3 is 2.89 bits per heavy atom. The Kier molecular flexibility index (Phi) is 3.81. The molecule has 1 aliphatic carbocycles. The molecule has 0 aliphatic heterocycles. The molecule has 1 atom stereocenters. The fourth-order valence-electron chi connectivity index (χ4n) is 2.70. The van der Waals surface area contributed by atoms with Gasteiger partial charge in [-0.05, 0) is 64.5 Å². The summed E-state index contributed by atoms with van der Waals surface area (Å²) in [4.78, 5) is 0. The molecule has 3 rings (SSSR count). The number of fused-ring (bicyclic) bond motifs is 1. The molecule has 0 amide bonds. The van der Waals surface area contributed by atoms with Crippen LogP contribution in [0, 0.1) is 0 Å². The number of nitrogens with one attached hydrogen (secondary N) is 1. The Morgan fingerprint density at radius 1 is 1.16 bits per heavy atom. The summed E-state index contributed by atoms with van der Waals surface area (Å²) >= 11 is 9.65. The summed E-state index contributed by atoms with van der Waals surface area (Å²) in [5.41, 5.74) is 3.94. The van der Waals surface area contributed by atoms with Crippen LogP contribution in [-0.2, 0) is 6.42 Å². The van der Waals surface area contributed by atoms with Crippen LogP contribution in [0.4, 0.5) is 5.69 Å². The number of anilines is 1.